The molecular weight excluding hydrogens is 440 g/mol. The van der Waals surface area contributed by atoms with Crippen LogP contribution in [0.1, 0.15) is 69.3 Å². The van der Waals surface area contributed by atoms with Gasteiger partial charge in [-0.05, 0) is 51.8 Å². The lowest BCUT2D eigenvalue weighted by molar-refractivity contribution is -0.121. The van der Waals surface area contributed by atoms with E-state index in [2.05, 4.69) is 79.0 Å². The first-order chi connectivity index (χ1) is 17.1. The van der Waals surface area contributed by atoms with Crippen LogP contribution in [0.2, 0.25) is 0 Å². The van der Waals surface area contributed by atoms with Crippen molar-refractivity contribution < 1.29 is 4.79 Å². The van der Waals surface area contributed by atoms with Crippen molar-refractivity contribution in [1.29, 1.82) is 0 Å². The zero-order valence-corrected chi connectivity index (χ0v) is 21.1. The quantitative estimate of drug-likeness (QED) is 0.450. The first kappa shape index (κ1) is 24.2. The van der Waals surface area contributed by atoms with Gasteiger partial charge in [0.05, 0.1) is 6.17 Å². The molecule has 2 fully saturated rings. The minimum atomic E-state index is 0.129. The summed E-state index contributed by atoms with van der Waals surface area (Å²) in [6.07, 6.45) is 8.54. The van der Waals surface area contributed by atoms with E-state index in [1.165, 1.54) is 31.2 Å². The summed E-state index contributed by atoms with van der Waals surface area (Å²) in [6.45, 7) is 4.76. The van der Waals surface area contributed by atoms with Crippen LogP contribution >= 0.6 is 0 Å². The van der Waals surface area contributed by atoms with Gasteiger partial charge in [0.15, 0.2) is 0 Å². The number of hydrogen-bond donors (Lipinski definition) is 3. The van der Waals surface area contributed by atoms with Crippen LogP contribution in [-0.2, 0) is 17.8 Å². The Bertz CT molecular complexity index is 979. The van der Waals surface area contributed by atoms with Gasteiger partial charge >= 0.3 is 0 Å². The number of aromatic nitrogens is 3. The Morgan fingerprint density at radius 1 is 1.17 bits per heavy atom. The van der Waals surface area contributed by atoms with Crippen molar-refractivity contribution in [3.8, 4) is 0 Å². The molecule has 4 atom stereocenters. The number of benzene rings is 1. The lowest BCUT2D eigenvalue weighted by atomic mass is 9.81. The molecule has 3 N–H and O–H groups in total. The SMILES string of the molecule is CC1NC2C3CCCCC3n3c(CCCC(=O)NCCCN(C)Cc4ccccc4)nnc3N2N1. The van der Waals surface area contributed by atoms with Crippen LogP contribution in [0.5, 0.6) is 0 Å². The van der Waals surface area contributed by atoms with E-state index in [1.54, 1.807) is 0 Å². The standard InChI is InChI=1S/C26H40N8O/c1-19-28-25-21-12-6-7-13-22(21)33-23(29-30-26(33)34(25)31-19)14-8-15-24(35)27-16-9-17-32(2)18-20-10-4-3-5-11-20/h3-5,10-11,19,21-22,25,28,31H,6-9,12-18H2,1-2H3,(H,27,35). The molecule has 0 radical (unpaired) electrons. The van der Waals surface area contributed by atoms with E-state index in [-0.39, 0.29) is 18.2 Å². The number of nitrogens with one attached hydrogen (secondary N) is 3. The van der Waals surface area contributed by atoms with E-state index in [4.69, 9.17) is 0 Å². The molecule has 5 rings (SSSR count). The third-order valence-electron chi connectivity index (χ3n) is 7.65. The number of carbonyl (C=O) groups is 1. The summed E-state index contributed by atoms with van der Waals surface area (Å²) in [6, 6.07) is 10.9. The fraction of sp³-hybridized carbons (Fsp3) is 0.654. The van der Waals surface area contributed by atoms with Crippen LogP contribution < -0.4 is 21.1 Å². The molecule has 35 heavy (non-hydrogen) atoms. The summed E-state index contributed by atoms with van der Waals surface area (Å²) in [7, 11) is 2.13. The summed E-state index contributed by atoms with van der Waals surface area (Å²) in [5.41, 5.74) is 4.83. The maximum atomic E-state index is 12.4. The Morgan fingerprint density at radius 3 is 2.86 bits per heavy atom. The Kier molecular flexibility index (Phi) is 7.65. The monoisotopic (exact) mass is 480 g/mol. The van der Waals surface area contributed by atoms with E-state index >= 15 is 0 Å². The second kappa shape index (κ2) is 11.1. The van der Waals surface area contributed by atoms with E-state index in [0.29, 0.717) is 18.4 Å². The summed E-state index contributed by atoms with van der Waals surface area (Å²) in [5, 5.41) is 18.1. The highest BCUT2D eigenvalue weighted by Gasteiger charge is 2.47. The molecule has 190 valence electrons. The van der Waals surface area contributed by atoms with Crippen molar-refractivity contribution in [2.24, 2.45) is 5.92 Å². The number of amides is 1. The van der Waals surface area contributed by atoms with Crippen LogP contribution in [0.25, 0.3) is 0 Å². The first-order valence-corrected chi connectivity index (χ1v) is 13.3. The lowest BCUT2D eigenvalue weighted by Crippen LogP contribution is -2.53. The number of anilines is 1. The highest BCUT2D eigenvalue weighted by molar-refractivity contribution is 5.75. The van der Waals surface area contributed by atoms with Gasteiger partial charge in [0, 0.05) is 37.9 Å². The first-order valence-electron chi connectivity index (χ1n) is 13.3. The van der Waals surface area contributed by atoms with Gasteiger partial charge in [0.1, 0.15) is 12.0 Å². The molecule has 1 aliphatic carbocycles. The molecule has 0 spiro atoms. The van der Waals surface area contributed by atoms with Crippen LogP contribution in [0.15, 0.2) is 30.3 Å². The van der Waals surface area contributed by atoms with Crippen molar-refractivity contribution >= 4 is 11.9 Å². The third-order valence-corrected chi connectivity index (χ3v) is 7.65. The van der Waals surface area contributed by atoms with Gasteiger partial charge < -0.3 is 10.2 Å². The number of nitrogens with zero attached hydrogens (tertiary/aromatic N) is 5. The average molecular weight is 481 g/mol. The largest absolute Gasteiger partial charge is 0.356 e. The topological polar surface area (TPSA) is 90.4 Å². The molecule has 4 unspecified atom stereocenters. The molecule has 0 bridgehead atoms. The van der Waals surface area contributed by atoms with Gasteiger partial charge in [-0.3, -0.25) is 19.7 Å². The van der Waals surface area contributed by atoms with Gasteiger partial charge in [-0.15, -0.1) is 10.2 Å². The van der Waals surface area contributed by atoms with E-state index < -0.39 is 0 Å². The third kappa shape index (κ3) is 5.52. The van der Waals surface area contributed by atoms with Crippen LogP contribution in [-0.4, -0.2) is 58.0 Å². The van der Waals surface area contributed by atoms with Crippen LogP contribution in [0, 0.1) is 5.92 Å². The Hall–Kier alpha value is -2.49. The molecule has 1 aromatic heterocycles. The summed E-state index contributed by atoms with van der Waals surface area (Å²) < 4.78 is 2.37. The molecular formula is C26H40N8O. The zero-order valence-electron chi connectivity index (χ0n) is 21.1. The van der Waals surface area contributed by atoms with Crippen molar-refractivity contribution in [2.75, 3.05) is 25.1 Å². The maximum Gasteiger partial charge on any atom is 0.243 e. The average Bonchev–Trinajstić information content (AvgIpc) is 3.46. The molecule has 3 aliphatic rings. The smallest absolute Gasteiger partial charge is 0.243 e. The summed E-state index contributed by atoms with van der Waals surface area (Å²) >= 11 is 0. The number of rotatable bonds is 10. The van der Waals surface area contributed by atoms with E-state index in [9.17, 15) is 4.79 Å². The fourth-order valence-electron chi connectivity index (χ4n) is 6.02. The van der Waals surface area contributed by atoms with Gasteiger partial charge in [0.2, 0.25) is 11.9 Å². The highest BCUT2D eigenvalue weighted by atomic mass is 16.1. The Morgan fingerprint density at radius 2 is 2.00 bits per heavy atom. The molecule has 1 aromatic carbocycles. The normalized spacial score (nSPS) is 25.3. The maximum absolute atomic E-state index is 12.4. The molecule has 1 saturated carbocycles. The molecule has 2 aromatic rings. The van der Waals surface area contributed by atoms with Crippen molar-refractivity contribution in [1.82, 2.24) is 35.7 Å². The molecule has 1 amide bonds. The second-order valence-corrected chi connectivity index (χ2v) is 10.4. The number of hydrogen-bond acceptors (Lipinski definition) is 7. The number of carbonyl (C=O) groups excluding carboxylic acids is 1. The summed E-state index contributed by atoms with van der Waals surface area (Å²) in [5.74, 6) is 2.64. The van der Waals surface area contributed by atoms with Gasteiger partial charge in [-0.1, -0.05) is 43.2 Å². The van der Waals surface area contributed by atoms with E-state index in [1.807, 2.05) is 6.07 Å². The lowest BCUT2D eigenvalue weighted by Gasteiger charge is -2.44. The van der Waals surface area contributed by atoms with Gasteiger partial charge in [-0.25, -0.2) is 5.43 Å². The Labute approximate surface area is 208 Å². The van der Waals surface area contributed by atoms with Crippen molar-refractivity contribution in [3.05, 3.63) is 41.7 Å². The number of fused-ring (bicyclic) bond motifs is 6. The molecule has 9 heteroatoms. The molecule has 1 saturated heterocycles. The van der Waals surface area contributed by atoms with Crippen molar-refractivity contribution in [2.45, 2.75) is 83.2 Å². The second-order valence-electron chi connectivity index (χ2n) is 10.4. The molecule has 2 aliphatic heterocycles. The fourth-order valence-corrected chi connectivity index (χ4v) is 6.02. The zero-order chi connectivity index (χ0) is 24.2. The van der Waals surface area contributed by atoms with Crippen molar-refractivity contribution in [3.63, 3.8) is 0 Å². The van der Waals surface area contributed by atoms with Gasteiger partial charge in [0.25, 0.3) is 0 Å². The molecule has 3 heterocycles. The molecule has 9 nitrogen and oxygen atoms in total. The van der Waals surface area contributed by atoms with Crippen LogP contribution in [0.3, 0.4) is 0 Å². The summed E-state index contributed by atoms with van der Waals surface area (Å²) in [4.78, 5) is 14.7. The highest BCUT2D eigenvalue weighted by Crippen LogP contribution is 2.44. The van der Waals surface area contributed by atoms with E-state index in [0.717, 1.165) is 50.7 Å². The van der Waals surface area contributed by atoms with Gasteiger partial charge in [-0.2, -0.15) is 0 Å². The predicted octanol–water partition coefficient (Wildman–Crippen LogP) is 2.57. The minimum Gasteiger partial charge on any atom is -0.356 e. The minimum absolute atomic E-state index is 0.129. The Balaban J connectivity index is 1.07. The number of hydrazine groups is 1. The predicted molar refractivity (Wildman–Crippen MR) is 136 cm³/mol. The van der Waals surface area contributed by atoms with Crippen LogP contribution in [0.4, 0.5) is 5.95 Å². The number of aryl methyl sites for hydroxylation is 1.